The lowest BCUT2D eigenvalue weighted by molar-refractivity contribution is -0.139. The summed E-state index contributed by atoms with van der Waals surface area (Å²) in [5.41, 5.74) is 0. The van der Waals surface area contributed by atoms with Gasteiger partial charge in [-0.1, -0.05) is 26.7 Å². The molecule has 1 rings (SSSR count). The molecular weight excluding hydrogens is 230 g/mol. The van der Waals surface area contributed by atoms with Crippen LogP contribution in [0, 0.1) is 11.8 Å². The molecule has 0 bridgehead atoms. The number of carboxylic acid groups (broad SMARTS) is 1. The summed E-state index contributed by atoms with van der Waals surface area (Å²) in [6.45, 7) is 6.00. The summed E-state index contributed by atoms with van der Waals surface area (Å²) >= 11 is 0. The van der Waals surface area contributed by atoms with Crippen molar-refractivity contribution in [3.05, 3.63) is 0 Å². The van der Waals surface area contributed by atoms with Gasteiger partial charge >= 0.3 is 5.97 Å². The molecule has 0 aromatic carbocycles. The predicted octanol–water partition coefficient (Wildman–Crippen LogP) is 2.23. The Labute approximate surface area is 110 Å². The Kier molecular flexibility index (Phi) is 6.65. The van der Waals surface area contributed by atoms with Gasteiger partial charge in [-0.2, -0.15) is 0 Å². The second kappa shape index (κ2) is 7.74. The maximum Gasteiger partial charge on any atom is 0.317 e. The Balaban J connectivity index is 2.56. The first-order valence-corrected chi connectivity index (χ1v) is 6.99. The van der Waals surface area contributed by atoms with Crippen LogP contribution >= 0.6 is 0 Å². The zero-order valence-electron chi connectivity index (χ0n) is 11.9. The van der Waals surface area contributed by atoms with Crippen molar-refractivity contribution in [2.75, 3.05) is 26.8 Å². The zero-order valence-corrected chi connectivity index (χ0v) is 11.9. The van der Waals surface area contributed by atoms with Crippen LogP contribution in [0.1, 0.15) is 39.5 Å². The van der Waals surface area contributed by atoms with Gasteiger partial charge in [0.15, 0.2) is 0 Å². The van der Waals surface area contributed by atoms with Crippen LogP contribution in [0.15, 0.2) is 0 Å². The standard InChI is InChI=1S/C14H27NO3/c1-11(2)12-5-4-6-13(9-12)15(7-8-18-3)10-14(16)17/h11-13H,4-10H2,1-3H3,(H,16,17). The maximum atomic E-state index is 10.9. The number of carbonyl (C=O) groups is 1. The fraction of sp³-hybridized carbons (Fsp3) is 0.929. The molecule has 0 aliphatic heterocycles. The number of carboxylic acids is 1. The molecule has 0 radical (unpaired) electrons. The summed E-state index contributed by atoms with van der Waals surface area (Å²) in [7, 11) is 1.66. The number of rotatable bonds is 7. The van der Waals surface area contributed by atoms with Crippen LogP contribution in [-0.4, -0.2) is 48.8 Å². The average molecular weight is 257 g/mol. The minimum atomic E-state index is -0.738. The molecule has 18 heavy (non-hydrogen) atoms. The van der Waals surface area contributed by atoms with E-state index in [4.69, 9.17) is 9.84 Å². The van der Waals surface area contributed by atoms with Crippen molar-refractivity contribution >= 4 is 5.97 Å². The van der Waals surface area contributed by atoms with Gasteiger partial charge in [0, 0.05) is 19.7 Å². The number of ether oxygens (including phenoxy) is 1. The van der Waals surface area contributed by atoms with Gasteiger partial charge in [0.1, 0.15) is 0 Å². The highest BCUT2D eigenvalue weighted by atomic mass is 16.5. The Bertz CT molecular complexity index is 255. The maximum absolute atomic E-state index is 10.9. The van der Waals surface area contributed by atoms with Crippen molar-refractivity contribution in [2.24, 2.45) is 11.8 Å². The van der Waals surface area contributed by atoms with Crippen molar-refractivity contribution < 1.29 is 14.6 Å². The minimum absolute atomic E-state index is 0.138. The lowest BCUT2D eigenvalue weighted by Gasteiger charge is -2.38. The smallest absolute Gasteiger partial charge is 0.317 e. The van der Waals surface area contributed by atoms with Gasteiger partial charge in [-0.3, -0.25) is 9.69 Å². The second-order valence-corrected chi connectivity index (χ2v) is 5.68. The lowest BCUT2D eigenvalue weighted by atomic mass is 9.79. The van der Waals surface area contributed by atoms with Crippen LogP contribution in [0.3, 0.4) is 0 Å². The topological polar surface area (TPSA) is 49.8 Å². The number of nitrogens with zero attached hydrogens (tertiary/aromatic N) is 1. The molecule has 0 spiro atoms. The average Bonchev–Trinajstić information content (AvgIpc) is 2.34. The number of methoxy groups -OCH3 is 1. The molecule has 4 heteroatoms. The van der Waals surface area contributed by atoms with E-state index in [1.165, 1.54) is 12.8 Å². The summed E-state index contributed by atoms with van der Waals surface area (Å²) in [5, 5.41) is 9.01. The van der Waals surface area contributed by atoms with E-state index < -0.39 is 5.97 Å². The van der Waals surface area contributed by atoms with E-state index in [1.807, 2.05) is 0 Å². The SMILES string of the molecule is COCCN(CC(=O)O)C1CCCC(C(C)C)C1. The molecule has 0 amide bonds. The first-order chi connectivity index (χ1) is 8.54. The highest BCUT2D eigenvalue weighted by Crippen LogP contribution is 2.32. The molecule has 4 nitrogen and oxygen atoms in total. The Morgan fingerprint density at radius 2 is 2.17 bits per heavy atom. The van der Waals surface area contributed by atoms with Crippen molar-refractivity contribution in [3.8, 4) is 0 Å². The van der Waals surface area contributed by atoms with Gasteiger partial charge in [-0.05, 0) is 24.7 Å². The largest absolute Gasteiger partial charge is 0.480 e. The highest BCUT2D eigenvalue weighted by molar-refractivity contribution is 5.69. The van der Waals surface area contributed by atoms with E-state index >= 15 is 0 Å². The second-order valence-electron chi connectivity index (χ2n) is 5.68. The Morgan fingerprint density at radius 3 is 2.72 bits per heavy atom. The van der Waals surface area contributed by atoms with Crippen LogP contribution in [0.5, 0.6) is 0 Å². The molecule has 0 aromatic heterocycles. The summed E-state index contributed by atoms with van der Waals surface area (Å²) in [6, 6.07) is 0.414. The molecule has 2 atom stereocenters. The molecule has 0 saturated heterocycles. The molecule has 1 N–H and O–H groups in total. The fourth-order valence-electron chi connectivity index (χ4n) is 2.91. The van der Waals surface area contributed by atoms with Crippen molar-refractivity contribution in [1.82, 2.24) is 4.90 Å². The molecule has 0 aromatic rings. The van der Waals surface area contributed by atoms with Crippen LogP contribution < -0.4 is 0 Å². The summed E-state index contributed by atoms with van der Waals surface area (Å²) in [4.78, 5) is 13.0. The zero-order chi connectivity index (χ0) is 13.5. The van der Waals surface area contributed by atoms with E-state index in [1.54, 1.807) is 7.11 Å². The van der Waals surface area contributed by atoms with Gasteiger partial charge in [-0.15, -0.1) is 0 Å². The van der Waals surface area contributed by atoms with Gasteiger partial charge in [-0.25, -0.2) is 0 Å². The monoisotopic (exact) mass is 257 g/mol. The summed E-state index contributed by atoms with van der Waals surface area (Å²) < 4.78 is 5.08. The van der Waals surface area contributed by atoms with Crippen LogP contribution in [0.2, 0.25) is 0 Å². The number of hydrogen-bond acceptors (Lipinski definition) is 3. The molecule has 0 heterocycles. The Morgan fingerprint density at radius 1 is 1.44 bits per heavy atom. The van der Waals surface area contributed by atoms with E-state index in [0.29, 0.717) is 18.6 Å². The van der Waals surface area contributed by atoms with Crippen LogP contribution in [-0.2, 0) is 9.53 Å². The van der Waals surface area contributed by atoms with Gasteiger partial charge < -0.3 is 9.84 Å². The van der Waals surface area contributed by atoms with Crippen molar-refractivity contribution in [2.45, 2.75) is 45.6 Å². The Hall–Kier alpha value is -0.610. The third-order valence-electron chi connectivity index (χ3n) is 4.07. The predicted molar refractivity (Wildman–Crippen MR) is 71.7 cm³/mol. The minimum Gasteiger partial charge on any atom is -0.480 e. The van der Waals surface area contributed by atoms with Crippen LogP contribution in [0.4, 0.5) is 0 Å². The van der Waals surface area contributed by atoms with Crippen molar-refractivity contribution in [3.63, 3.8) is 0 Å². The van der Waals surface area contributed by atoms with Crippen molar-refractivity contribution in [1.29, 1.82) is 0 Å². The molecule has 1 aliphatic rings. The first-order valence-electron chi connectivity index (χ1n) is 6.99. The lowest BCUT2D eigenvalue weighted by Crippen LogP contribution is -2.44. The summed E-state index contributed by atoms with van der Waals surface area (Å²) in [6.07, 6.45) is 4.77. The molecule has 1 saturated carbocycles. The third-order valence-corrected chi connectivity index (χ3v) is 4.07. The molecule has 1 fully saturated rings. The van der Waals surface area contributed by atoms with Crippen LogP contribution in [0.25, 0.3) is 0 Å². The van der Waals surface area contributed by atoms with E-state index in [9.17, 15) is 4.79 Å². The van der Waals surface area contributed by atoms with E-state index in [-0.39, 0.29) is 6.54 Å². The molecule has 106 valence electrons. The normalized spacial score (nSPS) is 24.7. The van der Waals surface area contributed by atoms with E-state index in [2.05, 4.69) is 18.7 Å². The third kappa shape index (κ3) is 4.94. The highest BCUT2D eigenvalue weighted by Gasteiger charge is 2.28. The molecule has 1 aliphatic carbocycles. The van der Waals surface area contributed by atoms with Gasteiger partial charge in [0.05, 0.1) is 13.2 Å². The van der Waals surface area contributed by atoms with Gasteiger partial charge in [0.2, 0.25) is 0 Å². The fourth-order valence-corrected chi connectivity index (χ4v) is 2.91. The summed E-state index contributed by atoms with van der Waals surface area (Å²) in [5.74, 6) is 0.697. The number of aliphatic carboxylic acids is 1. The number of hydrogen-bond donors (Lipinski definition) is 1. The molecular formula is C14H27NO3. The van der Waals surface area contributed by atoms with Gasteiger partial charge in [0.25, 0.3) is 0 Å². The molecule has 2 unspecified atom stereocenters. The van der Waals surface area contributed by atoms with E-state index in [0.717, 1.165) is 25.3 Å². The first kappa shape index (κ1) is 15.4. The quantitative estimate of drug-likeness (QED) is 0.760.